The Balaban J connectivity index is 3.02. The molecule has 0 spiro atoms. The lowest BCUT2D eigenvalue weighted by Crippen LogP contribution is -2.26. The van der Waals surface area contributed by atoms with Crippen LogP contribution in [0.5, 0.6) is 5.75 Å². The first kappa shape index (κ1) is 12.5. The van der Waals surface area contributed by atoms with Crippen LogP contribution in [0.15, 0.2) is 16.9 Å². The van der Waals surface area contributed by atoms with Crippen molar-refractivity contribution in [2.24, 2.45) is 11.1 Å². The van der Waals surface area contributed by atoms with Crippen LogP contribution in [0.2, 0.25) is 0 Å². The molecule has 0 saturated heterocycles. The van der Waals surface area contributed by atoms with Crippen LogP contribution in [0.3, 0.4) is 0 Å². The number of rotatable bonds is 4. The van der Waals surface area contributed by atoms with Crippen LogP contribution in [0.25, 0.3) is 0 Å². The second-order valence-corrected chi connectivity index (χ2v) is 5.20. The number of ether oxygens (including phenoxy) is 1. The number of aromatic nitrogens is 1. The third kappa shape index (κ3) is 3.18. The molecule has 0 fully saturated rings. The molecular weight excluding hydrogens is 256 g/mol. The number of halogens is 1. The molecule has 0 saturated carbocycles. The summed E-state index contributed by atoms with van der Waals surface area (Å²) in [5, 5.41) is 0. The predicted molar refractivity (Wildman–Crippen MR) is 65.0 cm³/mol. The largest absolute Gasteiger partial charge is 0.495 e. The fraction of sp³-hybridized carbons (Fsp3) is 0.545. The molecule has 0 aliphatic rings. The summed E-state index contributed by atoms with van der Waals surface area (Å²) in [6, 6.07) is 0. The van der Waals surface area contributed by atoms with E-state index in [2.05, 4.69) is 34.8 Å². The van der Waals surface area contributed by atoms with E-state index in [1.54, 1.807) is 19.5 Å². The minimum atomic E-state index is 0.0666. The number of pyridine rings is 1. The highest BCUT2D eigenvalue weighted by Gasteiger charge is 2.20. The summed E-state index contributed by atoms with van der Waals surface area (Å²) in [7, 11) is 1.66. The van der Waals surface area contributed by atoms with Crippen LogP contribution in [-0.4, -0.2) is 18.6 Å². The van der Waals surface area contributed by atoms with Gasteiger partial charge >= 0.3 is 0 Å². The zero-order valence-corrected chi connectivity index (χ0v) is 11.0. The van der Waals surface area contributed by atoms with Gasteiger partial charge in [-0.1, -0.05) is 13.8 Å². The zero-order chi connectivity index (χ0) is 11.5. The molecular formula is C11H17BrN2O. The van der Waals surface area contributed by atoms with Crippen molar-refractivity contribution in [3.63, 3.8) is 0 Å². The number of nitrogens with zero attached hydrogens (tertiary/aromatic N) is 1. The molecule has 4 heteroatoms. The molecule has 84 valence electrons. The first-order valence-corrected chi connectivity index (χ1v) is 5.66. The minimum Gasteiger partial charge on any atom is -0.495 e. The van der Waals surface area contributed by atoms with Crippen LogP contribution in [0.1, 0.15) is 19.4 Å². The Bertz CT molecular complexity index is 339. The van der Waals surface area contributed by atoms with Gasteiger partial charge in [0.1, 0.15) is 5.75 Å². The molecule has 3 nitrogen and oxygen atoms in total. The van der Waals surface area contributed by atoms with E-state index in [0.29, 0.717) is 6.54 Å². The van der Waals surface area contributed by atoms with E-state index in [1.165, 1.54) is 0 Å². The lowest BCUT2D eigenvalue weighted by atomic mass is 9.86. The lowest BCUT2D eigenvalue weighted by molar-refractivity contribution is 0.357. The highest BCUT2D eigenvalue weighted by Crippen LogP contribution is 2.31. The topological polar surface area (TPSA) is 48.1 Å². The third-order valence-corrected chi connectivity index (χ3v) is 3.08. The highest BCUT2D eigenvalue weighted by molar-refractivity contribution is 9.10. The zero-order valence-electron chi connectivity index (χ0n) is 9.38. The molecule has 0 bridgehead atoms. The molecule has 1 aromatic rings. The maximum Gasteiger partial charge on any atom is 0.141 e. The summed E-state index contributed by atoms with van der Waals surface area (Å²) in [6.07, 6.45) is 4.38. The van der Waals surface area contributed by atoms with E-state index < -0.39 is 0 Å². The molecule has 0 amide bonds. The van der Waals surface area contributed by atoms with Crippen LogP contribution in [-0.2, 0) is 6.42 Å². The smallest absolute Gasteiger partial charge is 0.141 e. The van der Waals surface area contributed by atoms with Gasteiger partial charge in [0, 0.05) is 16.2 Å². The molecule has 0 aliphatic carbocycles. The van der Waals surface area contributed by atoms with E-state index in [0.717, 1.165) is 22.2 Å². The Morgan fingerprint density at radius 3 is 2.67 bits per heavy atom. The maximum atomic E-state index is 5.72. The fourth-order valence-electron chi connectivity index (χ4n) is 1.34. The SMILES string of the molecule is COc1cncc(Br)c1CC(C)(C)CN. The van der Waals surface area contributed by atoms with Gasteiger partial charge in [-0.05, 0) is 34.3 Å². The first-order chi connectivity index (χ1) is 7.00. The average molecular weight is 273 g/mol. The summed E-state index contributed by atoms with van der Waals surface area (Å²) < 4.78 is 6.26. The number of hydrogen-bond donors (Lipinski definition) is 1. The van der Waals surface area contributed by atoms with E-state index in [9.17, 15) is 0 Å². The molecule has 0 atom stereocenters. The van der Waals surface area contributed by atoms with Crippen molar-refractivity contribution >= 4 is 15.9 Å². The van der Waals surface area contributed by atoms with Gasteiger partial charge in [-0.25, -0.2) is 0 Å². The van der Waals surface area contributed by atoms with Crippen LogP contribution >= 0.6 is 15.9 Å². The van der Waals surface area contributed by atoms with Crippen molar-refractivity contribution in [2.45, 2.75) is 20.3 Å². The highest BCUT2D eigenvalue weighted by atomic mass is 79.9. The van der Waals surface area contributed by atoms with Gasteiger partial charge in [0.25, 0.3) is 0 Å². The first-order valence-electron chi connectivity index (χ1n) is 4.86. The summed E-state index contributed by atoms with van der Waals surface area (Å²) in [6.45, 7) is 4.92. The normalized spacial score (nSPS) is 11.5. The van der Waals surface area contributed by atoms with Crippen LogP contribution in [0, 0.1) is 5.41 Å². The quantitative estimate of drug-likeness (QED) is 0.916. The summed E-state index contributed by atoms with van der Waals surface area (Å²) in [5.41, 5.74) is 6.92. The lowest BCUT2D eigenvalue weighted by Gasteiger charge is -2.23. The van der Waals surface area contributed by atoms with Crippen molar-refractivity contribution in [1.29, 1.82) is 0 Å². The van der Waals surface area contributed by atoms with E-state index in [-0.39, 0.29) is 5.41 Å². The molecule has 2 N–H and O–H groups in total. The molecule has 0 unspecified atom stereocenters. The van der Waals surface area contributed by atoms with E-state index in [4.69, 9.17) is 10.5 Å². The summed E-state index contributed by atoms with van der Waals surface area (Å²) >= 11 is 3.49. The predicted octanol–water partition coefficient (Wildman–Crippen LogP) is 2.38. The molecule has 0 radical (unpaired) electrons. The fourth-order valence-corrected chi connectivity index (χ4v) is 1.80. The van der Waals surface area contributed by atoms with Gasteiger partial charge in [0.05, 0.1) is 13.3 Å². The van der Waals surface area contributed by atoms with Gasteiger partial charge in [0.2, 0.25) is 0 Å². The van der Waals surface area contributed by atoms with Crippen molar-refractivity contribution < 1.29 is 4.74 Å². The third-order valence-electron chi connectivity index (χ3n) is 2.39. The summed E-state index contributed by atoms with van der Waals surface area (Å²) in [5.74, 6) is 0.811. The minimum absolute atomic E-state index is 0.0666. The van der Waals surface area contributed by atoms with Gasteiger partial charge in [-0.2, -0.15) is 0 Å². The Morgan fingerprint density at radius 2 is 2.13 bits per heavy atom. The number of nitrogens with two attached hydrogens (primary N) is 1. The molecule has 0 aliphatic heterocycles. The molecule has 0 aromatic carbocycles. The molecule has 1 rings (SSSR count). The van der Waals surface area contributed by atoms with Crippen LogP contribution < -0.4 is 10.5 Å². The standard InChI is InChI=1S/C11H17BrN2O/c1-11(2,7-13)4-8-9(12)5-14-6-10(8)15-3/h5-6H,4,7,13H2,1-3H3. The van der Waals surface area contributed by atoms with Gasteiger partial charge in [0.15, 0.2) is 0 Å². The number of methoxy groups -OCH3 is 1. The number of hydrogen-bond acceptors (Lipinski definition) is 3. The average Bonchev–Trinajstić information content (AvgIpc) is 2.21. The maximum absolute atomic E-state index is 5.72. The molecule has 1 heterocycles. The van der Waals surface area contributed by atoms with Crippen molar-refractivity contribution in [3.05, 3.63) is 22.4 Å². The van der Waals surface area contributed by atoms with Crippen LogP contribution in [0.4, 0.5) is 0 Å². The molecule has 1 aromatic heterocycles. The Morgan fingerprint density at radius 1 is 1.47 bits per heavy atom. The van der Waals surface area contributed by atoms with Gasteiger partial charge in [-0.15, -0.1) is 0 Å². The van der Waals surface area contributed by atoms with E-state index in [1.807, 2.05) is 0 Å². The Kier molecular flexibility index (Phi) is 4.11. The monoisotopic (exact) mass is 272 g/mol. The van der Waals surface area contributed by atoms with Crippen molar-refractivity contribution in [1.82, 2.24) is 4.98 Å². The van der Waals surface area contributed by atoms with Crippen molar-refractivity contribution in [3.8, 4) is 5.75 Å². The van der Waals surface area contributed by atoms with E-state index >= 15 is 0 Å². The van der Waals surface area contributed by atoms with Gasteiger partial charge in [-0.3, -0.25) is 4.98 Å². The Hall–Kier alpha value is -0.610. The molecule has 15 heavy (non-hydrogen) atoms. The summed E-state index contributed by atoms with van der Waals surface area (Å²) in [4.78, 5) is 4.07. The second kappa shape index (κ2) is 4.94. The second-order valence-electron chi connectivity index (χ2n) is 4.35. The van der Waals surface area contributed by atoms with Gasteiger partial charge < -0.3 is 10.5 Å². The van der Waals surface area contributed by atoms with Crippen molar-refractivity contribution in [2.75, 3.05) is 13.7 Å². The Labute approximate surface area is 99.2 Å².